The molecule has 0 unspecified atom stereocenters. The van der Waals surface area contributed by atoms with Gasteiger partial charge in [0.05, 0.1) is 17.1 Å². The number of hydrogen-bond acceptors (Lipinski definition) is 4. The zero-order valence-electron chi connectivity index (χ0n) is 11.0. The van der Waals surface area contributed by atoms with Gasteiger partial charge in [0, 0.05) is 0 Å². The highest BCUT2D eigenvalue weighted by atomic mass is 32.2. The summed E-state index contributed by atoms with van der Waals surface area (Å²) in [4.78, 5) is 10.8. The zero-order valence-corrected chi connectivity index (χ0v) is 11.8. The number of rotatable bonds is 7. The molecule has 1 N–H and O–H groups in total. The monoisotopic (exact) mass is 286 g/mol. The van der Waals surface area contributed by atoms with Crippen LogP contribution in [0.2, 0.25) is 0 Å². The number of carbonyl (C=O) groups is 1. The van der Waals surface area contributed by atoms with Gasteiger partial charge in [0.15, 0.2) is 9.84 Å². The number of ether oxygens (including phenoxy) is 1. The SMILES string of the molecule is CC(C)CS(=O)(=O)CCOc1cccc(C(=O)O)c1. The lowest BCUT2D eigenvalue weighted by atomic mass is 10.2. The molecule has 1 aromatic carbocycles. The van der Waals surface area contributed by atoms with Crippen LogP contribution < -0.4 is 4.74 Å². The molecule has 0 saturated heterocycles. The summed E-state index contributed by atoms with van der Waals surface area (Å²) in [6, 6.07) is 5.98. The lowest BCUT2D eigenvalue weighted by Crippen LogP contribution is -2.20. The lowest BCUT2D eigenvalue weighted by molar-refractivity contribution is 0.0696. The molecule has 0 spiro atoms. The molecule has 19 heavy (non-hydrogen) atoms. The molecule has 0 atom stereocenters. The summed E-state index contributed by atoms with van der Waals surface area (Å²) in [7, 11) is -3.12. The van der Waals surface area contributed by atoms with Gasteiger partial charge in [-0.2, -0.15) is 0 Å². The van der Waals surface area contributed by atoms with Crippen LogP contribution in [0.3, 0.4) is 0 Å². The molecule has 0 saturated carbocycles. The maximum Gasteiger partial charge on any atom is 0.335 e. The fourth-order valence-corrected chi connectivity index (χ4v) is 3.12. The largest absolute Gasteiger partial charge is 0.493 e. The van der Waals surface area contributed by atoms with E-state index in [1.807, 2.05) is 13.8 Å². The van der Waals surface area contributed by atoms with Crippen LogP contribution in [-0.2, 0) is 9.84 Å². The third-order valence-corrected chi connectivity index (χ3v) is 4.29. The third-order valence-electron chi connectivity index (χ3n) is 2.33. The number of sulfone groups is 1. The number of benzene rings is 1. The summed E-state index contributed by atoms with van der Waals surface area (Å²) < 4.78 is 28.5. The predicted octanol–water partition coefficient (Wildman–Crippen LogP) is 1.83. The van der Waals surface area contributed by atoms with Crippen LogP contribution in [0.15, 0.2) is 24.3 Å². The Hall–Kier alpha value is -1.56. The highest BCUT2D eigenvalue weighted by molar-refractivity contribution is 7.91. The van der Waals surface area contributed by atoms with Gasteiger partial charge in [-0.15, -0.1) is 0 Å². The van der Waals surface area contributed by atoms with Crippen LogP contribution >= 0.6 is 0 Å². The molecule has 0 aromatic heterocycles. The zero-order chi connectivity index (χ0) is 14.5. The molecule has 0 aliphatic carbocycles. The molecular formula is C13H18O5S. The highest BCUT2D eigenvalue weighted by Crippen LogP contribution is 2.13. The first-order valence-corrected chi connectivity index (χ1v) is 7.79. The van der Waals surface area contributed by atoms with Gasteiger partial charge in [-0.05, 0) is 24.1 Å². The Morgan fingerprint density at radius 2 is 2.05 bits per heavy atom. The van der Waals surface area contributed by atoms with Crippen LogP contribution in [0, 0.1) is 5.92 Å². The molecule has 0 fully saturated rings. The Balaban J connectivity index is 2.54. The van der Waals surface area contributed by atoms with E-state index in [9.17, 15) is 13.2 Å². The quantitative estimate of drug-likeness (QED) is 0.827. The number of aromatic carboxylic acids is 1. The average molecular weight is 286 g/mol. The van der Waals surface area contributed by atoms with Crippen LogP contribution in [0.25, 0.3) is 0 Å². The second kappa shape index (κ2) is 6.56. The third kappa shape index (κ3) is 5.74. The minimum absolute atomic E-state index is 0.0259. The average Bonchev–Trinajstić information content (AvgIpc) is 2.27. The van der Waals surface area contributed by atoms with Crippen molar-refractivity contribution in [1.29, 1.82) is 0 Å². The fraction of sp³-hybridized carbons (Fsp3) is 0.462. The lowest BCUT2D eigenvalue weighted by Gasteiger charge is -2.09. The smallest absolute Gasteiger partial charge is 0.335 e. The summed E-state index contributed by atoms with van der Waals surface area (Å²) in [5.74, 6) is -0.536. The van der Waals surface area contributed by atoms with Gasteiger partial charge in [0.1, 0.15) is 12.4 Å². The van der Waals surface area contributed by atoms with E-state index in [1.54, 1.807) is 12.1 Å². The van der Waals surface area contributed by atoms with Crippen molar-refractivity contribution in [1.82, 2.24) is 0 Å². The van der Waals surface area contributed by atoms with E-state index in [0.29, 0.717) is 5.75 Å². The molecule has 0 aliphatic heterocycles. The normalized spacial score (nSPS) is 11.5. The maximum absolute atomic E-state index is 11.6. The van der Waals surface area contributed by atoms with Gasteiger partial charge >= 0.3 is 5.97 Å². The van der Waals surface area contributed by atoms with Crippen molar-refractivity contribution in [3.63, 3.8) is 0 Å². The van der Waals surface area contributed by atoms with Gasteiger partial charge in [-0.1, -0.05) is 19.9 Å². The molecule has 6 heteroatoms. The van der Waals surface area contributed by atoms with E-state index in [2.05, 4.69) is 0 Å². The van der Waals surface area contributed by atoms with Crippen LogP contribution in [-0.4, -0.2) is 37.6 Å². The topological polar surface area (TPSA) is 80.7 Å². The van der Waals surface area contributed by atoms with E-state index < -0.39 is 15.8 Å². The molecule has 1 rings (SSSR count). The van der Waals surface area contributed by atoms with Crippen molar-refractivity contribution in [2.75, 3.05) is 18.1 Å². The first-order chi connectivity index (χ1) is 8.80. The number of carboxylic acid groups (broad SMARTS) is 1. The molecule has 0 amide bonds. The van der Waals surface area contributed by atoms with E-state index >= 15 is 0 Å². The Labute approximate surface area is 113 Å². The summed E-state index contributed by atoms with van der Waals surface area (Å²) in [5, 5.41) is 8.81. The Kier molecular flexibility index (Phi) is 5.35. The standard InChI is InChI=1S/C13H18O5S/c1-10(2)9-19(16,17)7-6-18-12-5-3-4-11(8-12)13(14)15/h3-5,8,10H,6-7,9H2,1-2H3,(H,14,15). The molecule has 0 heterocycles. The van der Waals surface area contributed by atoms with Gasteiger partial charge in [-0.3, -0.25) is 0 Å². The Bertz CT molecular complexity index is 534. The fourth-order valence-electron chi connectivity index (χ4n) is 1.60. The van der Waals surface area contributed by atoms with Crippen molar-refractivity contribution in [3.05, 3.63) is 29.8 Å². The summed E-state index contributed by atoms with van der Waals surface area (Å²) in [6.07, 6.45) is 0. The van der Waals surface area contributed by atoms with Crippen molar-refractivity contribution >= 4 is 15.8 Å². The summed E-state index contributed by atoms with van der Waals surface area (Å²) >= 11 is 0. The number of carboxylic acids is 1. The van der Waals surface area contributed by atoms with Crippen LogP contribution in [0.4, 0.5) is 0 Å². The predicted molar refractivity (Wildman–Crippen MR) is 72.4 cm³/mol. The second-order valence-electron chi connectivity index (χ2n) is 4.69. The van der Waals surface area contributed by atoms with E-state index in [4.69, 9.17) is 9.84 Å². The molecule has 106 valence electrons. The first-order valence-electron chi connectivity index (χ1n) is 5.97. The molecule has 5 nitrogen and oxygen atoms in total. The summed E-state index contributed by atoms with van der Waals surface area (Å²) in [6.45, 7) is 3.71. The Morgan fingerprint density at radius 1 is 1.37 bits per heavy atom. The highest BCUT2D eigenvalue weighted by Gasteiger charge is 2.13. The Morgan fingerprint density at radius 3 is 2.63 bits per heavy atom. The summed E-state index contributed by atoms with van der Waals surface area (Å²) in [5.41, 5.74) is 0.113. The van der Waals surface area contributed by atoms with E-state index in [1.165, 1.54) is 12.1 Å². The van der Waals surface area contributed by atoms with Crippen molar-refractivity contribution in [2.24, 2.45) is 5.92 Å². The minimum Gasteiger partial charge on any atom is -0.493 e. The molecule has 0 bridgehead atoms. The van der Waals surface area contributed by atoms with E-state index in [0.717, 1.165) is 0 Å². The first kappa shape index (κ1) is 15.5. The second-order valence-corrected chi connectivity index (χ2v) is 6.92. The van der Waals surface area contributed by atoms with E-state index in [-0.39, 0.29) is 29.6 Å². The molecule has 1 aromatic rings. The van der Waals surface area contributed by atoms with Crippen LogP contribution in [0.5, 0.6) is 5.75 Å². The number of hydrogen-bond donors (Lipinski definition) is 1. The van der Waals surface area contributed by atoms with Crippen molar-refractivity contribution < 1.29 is 23.1 Å². The van der Waals surface area contributed by atoms with Gasteiger partial charge in [0.25, 0.3) is 0 Å². The van der Waals surface area contributed by atoms with Gasteiger partial charge < -0.3 is 9.84 Å². The maximum atomic E-state index is 11.6. The van der Waals surface area contributed by atoms with Crippen LogP contribution in [0.1, 0.15) is 24.2 Å². The minimum atomic E-state index is -3.12. The molecular weight excluding hydrogens is 268 g/mol. The van der Waals surface area contributed by atoms with Gasteiger partial charge in [0.2, 0.25) is 0 Å². The molecule has 0 radical (unpaired) electrons. The van der Waals surface area contributed by atoms with Crippen molar-refractivity contribution in [3.8, 4) is 5.75 Å². The molecule has 0 aliphatic rings. The van der Waals surface area contributed by atoms with Crippen molar-refractivity contribution in [2.45, 2.75) is 13.8 Å². The van der Waals surface area contributed by atoms with Gasteiger partial charge in [-0.25, -0.2) is 13.2 Å².